The standard InChI is InChI=1S/C15H22N2O3/c1-11(2)15(19)9-17-8-13(18)10-20-14-5-3-12(7-16)4-6-14/h3-6,11,13,15,17-19H,8-10H2,1-2H3. The van der Waals surface area contributed by atoms with E-state index in [-0.39, 0.29) is 12.5 Å². The molecule has 2 unspecified atom stereocenters. The molecule has 0 bridgehead atoms. The molecule has 3 N–H and O–H groups in total. The third-order valence-corrected chi connectivity index (χ3v) is 2.93. The highest BCUT2D eigenvalue weighted by Crippen LogP contribution is 2.11. The van der Waals surface area contributed by atoms with Crippen molar-refractivity contribution >= 4 is 0 Å². The molecule has 0 saturated carbocycles. The quantitative estimate of drug-likeness (QED) is 0.658. The third kappa shape index (κ3) is 6.02. The molecule has 0 amide bonds. The maximum atomic E-state index is 9.74. The molecule has 0 aliphatic rings. The number of benzene rings is 1. The van der Waals surface area contributed by atoms with E-state index in [1.165, 1.54) is 0 Å². The van der Waals surface area contributed by atoms with Crippen LogP contribution in [0.3, 0.4) is 0 Å². The van der Waals surface area contributed by atoms with Gasteiger partial charge in [-0.05, 0) is 30.2 Å². The minimum Gasteiger partial charge on any atom is -0.491 e. The maximum Gasteiger partial charge on any atom is 0.119 e. The Morgan fingerprint density at radius 1 is 1.20 bits per heavy atom. The Morgan fingerprint density at radius 2 is 1.85 bits per heavy atom. The number of nitriles is 1. The van der Waals surface area contributed by atoms with Crippen molar-refractivity contribution in [2.75, 3.05) is 19.7 Å². The fraction of sp³-hybridized carbons (Fsp3) is 0.533. The number of nitrogens with one attached hydrogen (secondary N) is 1. The minimum absolute atomic E-state index is 0.163. The summed E-state index contributed by atoms with van der Waals surface area (Å²) in [7, 11) is 0. The van der Waals surface area contributed by atoms with Gasteiger partial charge in [-0.15, -0.1) is 0 Å². The van der Waals surface area contributed by atoms with Crippen LogP contribution in [0.1, 0.15) is 19.4 Å². The molecule has 0 radical (unpaired) electrons. The van der Waals surface area contributed by atoms with Crippen molar-refractivity contribution in [3.05, 3.63) is 29.8 Å². The topological polar surface area (TPSA) is 85.5 Å². The second kappa shape index (κ2) is 8.54. The Bertz CT molecular complexity index is 426. The zero-order valence-corrected chi connectivity index (χ0v) is 11.9. The predicted molar refractivity (Wildman–Crippen MR) is 76.4 cm³/mol. The van der Waals surface area contributed by atoms with E-state index in [4.69, 9.17) is 10.00 Å². The smallest absolute Gasteiger partial charge is 0.119 e. The monoisotopic (exact) mass is 278 g/mol. The lowest BCUT2D eigenvalue weighted by Crippen LogP contribution is -2.37. The van der Waals surface area contributed by atoms with Gasteiger partial charge in [-0.2, -0.15) is 5.26 Å². The Balaban J connectivity index is 2.22. The summed E-state index contributed by atoms with van der Waals surface area (Å²) in [5.74, 6) is 0.805. The van der Waals surface area contributed by atoms with Crippen molar-refractivity contribution in [1.29, 1.82) is 5.26 Å². The first-order valence-electron chi connectivity index (χ1n) is 6.72. The van der Waals surface area contributed by atoms with Crippen LogP contribution in [-0.4, -0.2) is 42.1 Å². The highest BCUT2D eigenvalue weighted by atomic mass is 16.5. The lowest BCUT2D eigenvalue weighted by Gasteiger charge is -2.17. The molecule has 0 aliphatic carbocycles. The van der Waals surface area contributed by atoms with Crippen LogP contribution in [0.4, 0.5) is 0 Å². The lowest BCUT2D eigenvalue weighted by atomic mass is 10.1. The summed E-state index contributed by atoms with van der Waals surface area (Å²) in [6, 6.07) is 8.75. The van der Waals surface area contributed by atoms with Gasteiger partial charge in [-0.1, -0.05) is 13.8 Å². The number of aliphatic hydroxyl groups is 2. The van der Waals surface area contributed by atoms with E-state index in [0.29, 0.717) is 24.4 Å². The zero-order valence-electron chi connectivity index (χ0n) is 11.9. The molecule has 2 atom stereocenters. The number of nitrogens with zero attached hydrogens (tertiary/aromatic N) is 1. The van der Waals surface area contributed by atoms with Gasteiger partial charge in [0.1, 0.15) is 18.5 Å². The molecule has 1 aromatic carbocycles. The number of hydrogen-bond acceptors (Lipinski definition) is 5. The SMILES string of the molecule is CC(C)C(O)CNCC(O)COc1ccc(C#N)cc1. The molecule has 1 aromatic rings. The number of aliphatic hydroxyl groups excluding tert-OH is 2. The molecule has 0 spiro atoms. The molecule has 0 saturated heterocycles. The van der Waals surface area contributed by atoms with Crippen molar-refractivity contribution in [2.45, 2.75) is 26.1 Å². The molecule has 5 nitrogen and oxygen atoms in total. The number of ether oxygens (including phenoxy) is 1. The molecule has 0 heterocycles. The van der Waals surface area contributed by atoms with Gasteiger partial charge < -0.3 is 20.3 Å². The minimum atomic E-state index is -0.648. The molecule has 0 aromatic heterocycles. The molecule has 110 valence electrons. The van der Waals surface area contributed by atoms with Gasteiger partial charge in [0.2, 0.25) is 0 Å². The van der Waals surface area contributed by atoms with Crippen LogP contribution in [0.15, 0.2) is 24.3 Å². The van der Waals surface area contributed by atoms with E-state index in [1.807, 2.05) is 19.9 Å². The van der Waals surface area contributed by atoms with E-state index in [9.17, 15) is 10.2 Å². The van der Waals surface area contributed by atoms with Crippen LogP contribution < -0.4 is 10.1 Å². The van der Waals surface area contributed by atoms with Crippen LogP contribution in [-0.2, 0) is 0 Å². The van der Waals surface area contributed by atoms with Crippen molar-refractivity contribution in [2.24, 2.45) is 5.92 Å². The second-order valence-corrected chi connectivity index (χ2v) is 5.07. The molecular weight excluding hydrogens is 256 g/mol. The first-order chi connectivity index (χ1) is 9.52. The van der Waals surface area contributed by atoms with Crippen LogP contribution in [0.5, 0.6) is 5.75 Å². The normalized spacial score (nSPS) is 13.8. The van der Waals surface area contributed by atoms with Gasteiger partial charge in [0, 0.05) is 13.1 Å². The zero-order chi connectivity index (χ0) is 15.0. The Kier molecular flexibility index (Phi) is 7.02. The average molecular weight is 278 g/mol. The van der Waals surface area contributed by atoms with Crippen LogP contribution in [0.2, 0.25) is 0 Å². The van der Waals surface area contributed by atoms with Gasteiger partial charge >= 0.3 is 0 Å². The van der Waals surface area contributed by atoms with Gasteiger partial charge in [0.15, 0.2) is 0 Å². The summed E-state index contributed by atoms with van der Waals surface area (Å²) in [4.78, 5) is 0. The summed E-state index contributed by atoms with van der Waals surface area (Å²) in [5, 5.41) is 31.0. The molecule has 0 aliphatic heterocycles. The molecule has 0 fully saturated rings. The van der Waals surface area contributed by atoms with Crippen molar-refractivity contribution in [1.82, 2.24) is 5.32 Å². The largest absolute Gasteiger partial charge is 0.491 e. The summed E-state index contributed by atoms with van der Waals surface area (Å²) < 4.78 is 5.41. The van der Waals surface area contributed by atoms with Gasteiger partial charge in [0.05, 0.1) is 17.7 Å². The van der Waals surface area contributed by atoms with Crippen LogP contribution in [0, 0.1) is 17.2 Å². The number of rotatable bonds is 8. The molecule has 20 heavy (non-hydrogen) atoms. The van der Waals surface area contributed by atoms with Gasteiger partial charge in [0.25, 0.3) is 0 Å². The first-order valence-corrected chi connectivity index (χ1v) is 6.72. The summed E-state index contributed by atoms with van der Waals surface area (Å²) in [6.07, 6.45) is -1.06. The van der Waals surface area contributed by atoms with E-state index in [0.717, 1.165) is 0 Å². The van der Waals surface area contributed by atoms with Gasteiger partial charge in [-0.25, -0.2) is 0 Å². The van der Waals surface area contributed by atoms with E-state index < -0.39 is 12.2 Å². The highest BCUT2D eigenvalue weighted by molar-refractivity contribution is 5.34. The van der Waals surface area contributed by atoms with E-state index >= 15 is 0 Å². The van der Waals surface area contributed by atoms with Crippen molar-refractivity contribution in [3.63, 3.8) is 0 Å². The fourth-order valence-corrected chi connectivity index (χ4v) is 1.51. The fourth-order valence-electron chi connectivity index (χ4n) is 1.51. The van der Waals surface area contributed by atoms with Crippen LogP contribution >= 0.6 is 0 Å². The average Bonchev–Trinajstić information content (AvgIpc) is 2.45. The first kappa shape index (κ1) is 16.4. The lowest BCUT2D eigenvalue weighted by molar-refractivity contribution is 0.0908. The summed E-state index contributed by atoms with van der Waals surface area (Å²) in [5.41, 5.74) is 0.572. The predicted octanol–water partition coefficient (Wildman–Crippen LogP) is 0.904. The Hall–Kier alpha value is -1.61. The van der Waals surface area contributed by atoms with Gasteiger partial charge in [-0.3, -0.25) is 0 Å². The third-order valence-electron chi connectivity index (χ3n) is 2.93. The highest BCUT2D eigenvalue weighted by Gasteiger charge is 2.10. The maximum absolute atomic E-state index is 9.74. The van der Waals surface area contributed by atoms with Crippen molar-refractivity contribution < 1.29 is 14.9 Å². The second-order valence-electron chi connectivity index (χ2n) is 5.07. The van der Waals surface area contributed by atoms with E-state index in [1.54, 1.807) is 24.3 Å². The number of hydrogen-bond donors (Lipinski definition) is 3. The van der Waals surface area contributed by atoms with Crippen LogP contribution in [0.25, 0.3) is 0 Å². The molecular formula is C15H22N2O3. The molecule has 1 rings (SSSR count). The summed E-state index contributed by atoms with van der Waals surface area (Å²) in [6.45, 7) is 4.86. The Labute approximate surface area is 119 Å². The van der Waals surface area contributed by atoms with E-state index in [2.05, 4.69) is 5.32 Å². The molecule has 5 heteroatoms. The van der Waals surface area contributed by atoms with Crippen molar-refractivity contribution in [3.8, 4) is 11.8 Å². The Morgan fingerprint density at radius 3 is 2.40 bits per heavy atom. The summed E-state index contributed by atoms with van der Waals surface area (Å²) >= 11 is 0.